The number of nitrogens with two attached hydrogens (primary N) is 1. The monoisotopic (exact) mass is 208 g/mol. The Morgan fingerprint density at radius 3 is 2.47 bits per heavy atom. The van der Waals surface area contributed by atoms with Crippen LogP contribution in [0.3, 0.4) is 0 Å². The average molecular weight is 208 g/mol. The third-order valence-electron chi connectivity index (χ3n) is 4.15. The fourth-order valence-corrected chi connectivity index (χ4v) is 3.05. The molecule has 2 aliphatic rings. The molecule has 2 rings (SSSR count). The van der Waals surface area contributed by atoms with E-state index in [1.165, 1.54) is 25.7 Å². The lowest BCUT2D eigenvalue weighted by Crippen LogP contribution is -2.30. The lowest BCUT2D eigenvalue weighted by Gasteiger charge is -2.22. The lowest BCUT2D eigenvalue weighted by molar-refractivity contribution is 0.341. The van der Waals surface area contributed by atoms with Crippen molar-refractivity contribution in [2.24, 2.45) is 33.9 Å². The summed E-state index contributed by atoms with van der Waals surface area (Å²) in [5, 5.41) is 0. The summed E-state index contributed by atoms with van der Waals surface area (Å²) < 4.78 is 0. The molecular formula is C13H24N2. The van der Waals surface area contributed by atoms with Gasteiger partial charge in [-0.15, -0.1) is 0 Å². The standard InChI is InChI=1S/C13H24N2/c1-13(2,3)12(14)15-8-11-7-9-4-5-10(11)6-9/h9-11H,4-8H2,1-3H3,(H2,14,15). The molecule has 0 heterocycles. The number of hydrogen-bond acceptors (Lipinski definition) is 1. The van der Waals surface area contributed by atoms with Gasteiger partial charge in [0.25, 0.3) is 0 Å². The summed E-state index contributed by atoms with van der Waals surface area (Å²) in [5.74, 6) is 3.65. The molecule has 15 heavy (non-hydrogen) atoms. The SMILES string of the molecule is CC(C)(C)C(N)=NCC1CC2CCC1C2. The van der Waals surface area contributed by atoms with Crippen molar-refractivity contribution in [3.05, 3.63) is 0 Å². The Morgan fingerprint density at radius 2 is 2.00 bits per heavy atom. The van der Waals surface area contributed by atoms with Crippen LogP contribution in [0, 0.1) is 23.2 Å². The highest BCUT2D eigenvalue weighted by molar-refractivity contribution is 5.85. The minimum Gasteiger partial charge on any atom is -0.387 e. The number of fused-ring (bicyclic) bond motifs is 2. The van der Waals surface area contributed by atoms with Crippen LogP contribution in [0.5, 0.6) is 0 Å². The van der Waals surface area contributed by atoms with Gasteiger partial charge in [-0.2, -0.15) is 0 Å². The van der Waals surface area contributed by atoms with E-state index in [1.54, 1.807) is 0 Å². The van der Waals surface area contributed by atoms with Gasteiger partial charge in [0.15, 0.2) is 0 Å². The Morgan fingerprint density at radius 1 is 1.27 bits per heavy atom. The summed E-state index contributed by atoms with van der Waals surface area (Å²) in [6.07, 6.45) is 5.79. The van der Waals surface area contributed by atoms with Gasteiger partial charge in [-0.3, -0.25) is 4.99 Å². The molecule has 86 valence electrons. The van der Waals surface area contributed by atoms with Crippen molar-refractivity contribution in [1.29, 1.82) is 0 Å². The van der Waals surface area contributed by atoms with Crippen molar-refractivity contribution in [2.75, 3.05) is 6.54 Å². The van der Waals surface area contributed by atoms with E-state index in [9.17, 15) is 0 Å². The van der Waals surface area contributed by atoms with Crippen LogP contribution in [0.25, 0.3) is 0 Å². The van der Waals surface area contributed by atoms with Crippen molar-refractivity contribution < 1.29 is 0 Å². The second-order valence-electron chi connectivity index (χ2n) is 6.41. The van der Waals surface area contributed by atoms with Crippen molar-refractivity contribution >= 4 is 5.84 Å². The summed E-state index contributed by atoms with van der Waals surface area (Å²) in [4.78, 5) is 4.59. The first-order valence-corrected chi connectivity index (χ1v) is 6.27. The molecule has 0 amide bonds. The van der Waals surface area contributed by atoms with E-state index in [0.717, 1.165) is 30.1 Å². The molecule has 2 N–H and O–H groups in total. The van der Waals surface area contributed by atoms with Crippen LogP contribution >= 0.6 is 0 Å². The molecule has 3 atom stereocenters. The Balaban J connectivity index is 1.88. The first kappa shape index (κ1) is 11.0. The maximum atomic E-state index is 5.98. The summed E-state index contributed by atoms with van der Waals surface area (Å²) in [6.45, 7) is 7.37. The zero-order valence-corrected chi connectivity index (χ0v) is 10.3. The predicted molar refractivity (Wildman–Crippen MR) is 64.9 cm³/mol. The number of amidine groups is 1. The molecule has 0 radical (unpaired) electrons. The summed E-state index contributed by atoms with van der Waals surface area (Å²) in [7, 11) is 0. The molecule has 0 saturated heterocycles. The third-order valence-corrected chi connectivity index (χ3v) is 4.15. The van der Waals surface area contributed by atoms with Crippen LogP contribution in [0.2, 0.25) is 0 Å². The number of nitrogens with zero attached hydrogens (tertiary/aromatic N) is 1. The fraction of sp³-hybridized carbons (Fsp3) is 0.923. The van der Waals surface area contributed by atoms with Gasteiger partial charge in [0.1, 0.15) is 0 Å². The smallest absolute Gasteiger partial charge is 0.0991 e. The van der Waals surface area contributed by atoms with E-state index in [4.69, 9.17) is 5.73 Å². The molecule has 2 nitrogen and oxygen atoms in total. The Hall–Kier alpha value is -0.530. The summed E-state index contributed by atoms with van der Waals surface area (Å²) in [6, 6.07) is 0. The zero-order chi connectivity index (χ0) is 11.1. The van der Waals surface area contributed by atoms with E-state index in [2.05, 4.69) is 25.8 Å². The van der Waals surface area contributed by atoms with E-state index in [1.807, 2.05) is 0 Å². The van der Waals surface area contributed by atoms with E-state index in [0.29, 0.717) is 0 Å². The molecule has 0 aliphatic heterocycles. The molecular weight excluding hydrogens is 184 g/mol. The third kappa shape index (κ3) is 2.35. The van der Waals surface area contributed by atoms with Gasteiger partial charge in [-0.25, -0.2) is 0 Å². The molecule has 0 aromatic heterocycles. The van der Waals surface area contributed by atoms with Crippen LogP contribution < -0.4 is 5.73 Å². The van der Waals surface area contributed by atoms with Crippen LogP contribution in [-0.4, -0.2) is 12.4 Å². The number of rotatable bonds is 2. The normalized spacial score (nSPS) is 36.2. The minimum absolute atomic E-state index is 0.0393. The highest BCUT2D eigenvalue weighted by Gasteiger charge is 2.39. The molecule has 2 bridgehead atoms. The summed E-state index contributed by atoms with van der Waals surface area (Å²) >= 11 is 0. The van der Waals surface area contributed by atoms with Gasteiger partial charge in [-0.05, 0) is 37.0 Å². The van der Waals surface area contributed by atoms with Crippen molar-refractivity contribution in [3.63, 3.8) is 0 Å². The fourth-order valence-electron chi connectivity index (χ4n) is 3.05. The maximum Gasteiger partial charge on any atom is 0.0991 e. The van der Waals surface area contributed by atoms with E-state index in [-0.39, 0.29) is 5.41 Å². The first-order chi connectivity index (χ1) is 6.97. The minimum atomic E-state index is 0.0393. The second kappa shape index (κ2) is 3.80. The van der Waals surface area contributed by atoms with Crippen LogP contribution in [0.15, 0.2) is 4.99 Å². The molecule has 0 aromatic carbocycles. The predicted octanol–water partition coefficient (Wildman–Crippen LogP) is 2.83. The first-order valence-electron chi connectivity index (χ1n) is 6.27. The van der Waals surface area contributed by atoms with E-state index < -0.39 is 0 Å². The van der Waals surface area contributed by atoms with Gasteiger partial charge >= 0.3 is 0 Å². The number of hydrogen-bond donors (Lipinski definition) is 1. The quantitative estimate of drug-likeness (QED) is 0.550. The maximum absolute atomic E-state index is 5.98. The topological polar surface area (TPSA) is 38.4 Å². The average Bonchev–Trinajstić information content (AvgIpc) is 2.73. The Kier molecular flexibility index (Phi) is 2.78. The largest absolute Gasteiger partial charge is 0.387 e. The molecule has 0 spiro atoms. The molecule has 2 fully saturated rings. The Bertz CT molecular complexity index is 262. The van der Waals surface area contributed by atoms with Crippen molar-refractivity contribution in [3.8, 4) is 0 Å². The van der Waals surface area contributed by atoms with Gasteiger partial charge in [0.2, 0.25) is 0 Å². The molecule has 3 unspecified atom stereocenters. The molecule has 0 aromatic rings. The van der Waals surface area contributed by atoms with Crippen LogP contribution in [-0.2, 0) is 0 Å². The summed E-state index contributed by atoms with van der Waals surface area (Å²) in [5.41, 5.74) is 6.02. The molecule has 2 aliphatic carbocycles. The van der Waals surface area contributed by atoms with Gasteiger partial charge in [-0.1, -0.05) is 27.2 Å². The highest BCUT2D eigenvalue weighted by atomic mass is 14.9. The van der Waals surface area contributed by atoms with Crippen LogP contribution in [0.1, 0.15) is 46.5 Å². The highest BCUT2D eigenvalue weighted by Crippen LogP contribution is 2.48. The van der Waals surface area contributed by atoms with Gasteiger partial charge < -0.3 is 5.73 Å². The zero-order valence-electron chi connectivity index (χ0n) is 10.3. The van der Waals surface area contributed by atoms with Crippen molar-refractivity contribution in [2.45, 2.75) is 46.5 Å². The molecule has 2 heteroatoms. The van der Waals surface area contributed by atoms with E-state index >= 15 is 0 Å². The van der Waals surface area contributed by atoms with Crippen LogP contribution in [0.4, 0.5) is 0 Å². The van der Waals surface area contributed by atoms with Crippen molar-refractivity contribution in [1.82, 2.24) is 0 Å². The number of aliphatic imine (C=N–C) groups is 1. The van der Waals surface area contributed by atoms with Gasteiger partial charge in [0.05, 0.1) is 5.84 Å². The Labute approximate surface area is 93.3 Å². The van der Waals surface area contributed by atoms with Gasteiger partial charge in [0, 0.05) is 12.0 Å². The lowest BCUT2D eigenvalue weighted by atomic mass is 9.88. The second-order valence-corrected chi connectivity index (χ2v) is 6.41. The molecule has 2 saturated carbocycles.